The maximum Gasteiger partial charge on any atom is 0.348 e. The summed E-state index contributed by atoms with van der Waals surface area (Å²) in [5.41, 5.74) is 1.64. The van der Waals surface area contributed by atoms with Crippen LogP contribution >= 0.6 is 0 Å². The Morgan fingerprint density at radius 3 is 2.67 bits per heavy atom. The van der Waals surface area contributed by atoms with Gasteiger partial charge in [0.1, 0.15) is 11.6 Å². The van der Waals surface area contributed by atoms with Gasteiger partial charge in [0.2, 0.25) is 0 Å². The van der Waals surface area contributed by atoms with E-state index in [-0.39, 0.29) is 5.57 Å². The molecule has 2 saturated carbocycles. The Bertz CT molecular complexity index is 438. The molecule has 0 aromatic carbocycles. The van der Waals surface area contributed by atoms with Crippen LogP contribution in [0, 0.1) is 34.5 Å². The summed E-state index contributed by atoms with van der Waals surface area (Å²) >= 11 is 0. The fourth-order valence-electron chi connectivity index (χ4n) is 3.65. The van der Waals surface area contributed by atoms with Crippen LogP contribution in [0.3, 0.4) is 0 Å². The summed E-state index contributed by atoms with van der Waals surface area (Å²) in [6, 6.07) is 2.07. The van der Waals surface area contributed by atoms with Gasteiger partial charge >= 0.3 is 5.97 Å². The van der Waals surface area contributed by atoms with Gasteiger partial charge < -0.3 is 4.74 Å². The normalized spacial score (nSPS) is 35.2. The van der Waals surface area contributed by atoms with Crippen molar-refractivity contribution in [2.75, 3.05) is 6.61 Å². The molecule has 18 heavy (non-hydrogen) atoms. The van der Waals surface area contributed by atoms with Crippen LogP contribution in [0.15, 0.2) is 11.1 Å². The Balaban J connectivity index is 2.32. The molecule has 0 aliphatic heterocycles. The molecule has 0 radical (unpaired) electrons. The number of ether oxygens (including phenoxy) is 1. The van der Waals surface area contributed by atoms with Crippen LogP contribution in [-0.2, 0) is 9.53 Å². The minimum absolute atomic E-state index is 0.270. The first kappa shape index (κ1) is 13.1. The highest BCUT2D eigenvalue weighted by atomic mass is 16.5. The number of esters is 1. The van der Waals surface area contributed by atoms with Crippen LogP contribution in [0.1, 0.15) is 40.5 Å². The summed E-state index contributed by atoms with van der Waals surface area (Å²) in [7, 11) is 0. The van der Waals surface area contributed by atoms with Gasteiger partial charge in [0.25, 0.3) is 0 Å². The van der Waals surface area contributed by atoms with Crippen LogP contribution in [0.5, 0.6) is 0 Å². The third-order valence-corrected chi connectivity index (χ3v) is 5.19. The molecule has 0 aromatic rings. The van der Waals surface area contributed by atoms with E-state index in [2.05, 4.69) is 26.8 Å². The lowest BCUT2D eigenvalue weighted by molar-refractivity contribution is -0.138. The molecule has 3 nitrogen and oxygen atoms in total. The standard InChI is InChI=1S/C15H21NO2/c1-5-18-14(17)13(8-16)12-7-10-6-11(12)9(2)15(10,3)4/h9-11H,5-7H2,1-4H3/b13-12+/t9-,10-,11+/m0/s1. The zero-order chi connectivity index (χ0) is 13.5. The molecule has 2 aliphatic rings. The zero-order valence-electron chi connectivity index (χ0n) is 11.6. The molecule has 98 valence electrons. The molecule has 2 fully saturated rings. The quantitative estimate of drug-likeness (QED) is 0.428. The lowest BCUT2D eigenvalue weighted by atomic mass is 9.67. The van der Waals surface area contributed by atoms with Crippen molar-refractivity contribution in [1.82, 2.24) is 0 Å². The minimum atomic E-state index is -0.437. The van der Waals surface area contributed by atoms with Crippen molar-refractivity contribution in [2.24, 2.45) is 23.2 Å². The smallest absolute Gasteiger partial charge is 0.348 e. The molecule has 0 saturated heterocycles. The zero-order valence-corrected chi connectivity index (χ0v) is 11.6. The largest absolute Gasteiger partial charge is 0.462 e. The number of hydrogen-bond acceptors (Lipinski definition) is 3. The molecular weight excluding hydrogens is 226 g/mol. The fourth-order valence-corrected chi connectivity index (χ4v) is 3.65. The molecule has 0 spiro atoms. The second-order valence-corrected chi connectivity index (χ2v) is 6.09. The summed E-state index contributed by atoms with van der Waals surface area (Å²) < 4.78 is 4.98. The first-order chi connectivity index (χ1) is 8.43. The minimum Gasteiger partial charge on any atom is -0.462 e. The molecule has 0 unspecified atom stereocenters. The molecule has 2 aliphatic carbocycles. The van der Waals surface area contributed by atoms with Crippen molar-refractivity contribution in [2.45, 2.75) is 40.5 Å². The maximum atomic E-state index is 11.8. The maximum absolute atomic E-state index is 11.8. The van der Waals surface area contributed by atoms with Gasteiger partial charge in [0.15, 0.2) is 0 Å². The molecule has 0 amide bonds. The van der Waals surface area contributed by atoms with Crippen molar-refractivity contribution in [3.8, 4) is 6.07 Å². The monoisotopic (exact) mass is 247 g/mol. The van der Waals surface area contributed by atoms with Crippen LogP contribution < -0.4 is 0 Å². The van der Waals surface area contributed by atoms with Crippen molar-refractivity contribution in [3.05, 3.63) is 11.1 Å². The third kappa shape index (κ3) is 1.75. The third-order valence-electron chi connectivity index (χ3n) is 5.19. The number of rotatable bonds is 2. The van der Waals surface area contributed by atoms with Gasteiger partial charge in [-0.3, -0.25) is 0 Å². The topological polar surface area (TPSA) is 50.1 Å². The first-order valence-corrected chi connectivity index (χ1v) is 6.73. The fraction of sp³-hybridized carbons (Fsp3) is 0.733. The van der Waals surface area contributed by atoms with E-state index in [1.165, 1.54) is 0 Å². The first-order valence-electron chi connectivity index (χ1n) is 6.73. The van der Waals surface area contributed by atoms with Crippen LogP contribution in [0.25, 0.3) is 0 Å². The molecule has 2 rings (SSSR count). The Morgan fingerprint density at radius 2 is 2.22 bits per heavy atom. The lowest BCUT2D eigenvalue weighted by Crippen LogP contribution is -2.30. The predicted octanol–water partition coefficient (Wildman–Crippen LogP) is 3.07. The number of carbonyl (C=O) groups is 1. The van der Waals surface area contributed by atoms with E-state index in [1.807, 2.05) is 0 Å². The SMILES string of the molecule is CCOC(=O)/C(C#N)=C1\C[C@@H]2C[C@@H]1[C@H](C)C2(C)C. The second kappa shape index (κ2) is 4.42. The number of fused-ring (bicyclic) bond motifs is 2. The highest BCUT2D eigenvalue weighted by molar-refractivity contribution is 5.94. The van der Waals surface area contributed by atoms with Gasteiger partial charge in [0.05, 0.1) is 6.61 Å². The van der Waals surface area contributed by atoms with Gasteiger partial charge in [-0.15, -0.1) is 0 Å². The number of nitrogens with zero attached hydrogens (tertiary/aromatic N) is 1. The Labute approximate surface area is 109 Å². The average Bonchev–Trinajstić information content (AvgIpc) is 2.81. The van der Waals surface area contributed by atoms with Crippen LogP contribution in [-0.4, -0.2) is 12.6 Å². The molecule has 0 heterocycles. The molecule has 3 heteroatoms. The van der Waals surface area contributed by atoms with E-state index < -0.39 is 5.97 Å². The lowest BCUT2D eigenvalue weighted by Gasteiger charge is -2.37. The Hall–Kier alpha value is -1.30. The number of carbonyl (C=O) groups excluding carboxylic acids is 1. The molecule has 0 aromatic heterocycles. The molecule has 2 bridgehead atoms. The molecule has 3 atom stereocenters. The van der Waals surface area contributed by atoms with Crippen molar-refractivity contribution in [1.29, 1.82) is 5.26 Å². The van der Waals surface area contributed by atoms with Crippen molar-refractivity contribution >= 4 is 5.97 Å². The van der Waals surface area contributed by atoms with Crippen LogP contribution in [0.4, 0.5) is 0 Å². The molecule has 0 N–H and O–H groups in total. The van der Waals surface area contributed by atoms with E-state index >= 15 is 0 Å². The van der Waals surface area contributed by atoms with E-state index in [0.717, 1.165) is 18.4 Å². The highest BCUT2D eigenvalue weighted by Crippen LogP contribution is 2.61. The van der Waals surface area contributed by atoms with E-state index in [4.69, 9.17) is 4.74 Å². The summed E-state index contributed by atoms with van der Waals surface area (Å²) in [6.07, 6.45) is 2.01. The highest BCUT2D eigenvalue weighted by Gasteiger charge is 2.53. The van der Waals surface area contributed by atoms with Crippen molar-refractivity contribution in [3.63, 3.8) is 0 Å². The van der Waals surface area contributed by atoms with Crippen molar-refractivity contribution < 1.29 is 9.53 Å². The van der Waals surface area contributed by atoms with E-state index in [0.29, 0.717) is 29.8 Å². The number of hydrogen-bond donors (Lipinski definition) is 0. The van der Waals surface area contributed by atoms with Gasteiger partial charge in [-0.1, -0.05) is 20.8 Å². The van der Waals surface area contributed by atoms with Gasteiger partial charge in [-0.25, -0.2) is 4.79 Å². The van der Waals surface area contributed by atoms with E-state index in [1.54, 1.807) is 6.92 Å². The summed E-state index contributed by atoms with van der Waals surface area (Å²) in [6.45, 7) is 8.94. The van der Waals surface area contributed by atoms with Crippen LogP contribution in [0.2, 0.25) is 0 Å². The summed E-state index contributed by atoms with van der Waals surface area (Å²) in [4.78, 5) is 11.8. The van der Waals surface area contributed by atoms with Gasteiger partial charge in [-0.2, -0.15) is 5.26 Å². The number of nitriles is 1. The Morgan fingerprint density at radius 1 is 1.56 bits per heavy atom. The van der Waals surface area contributed by atoms with Gasteiger partial charge in [-0.05, 0) is 48.5 Å². The number of allylic oxidation sites excluding steroid dienone is 1. The predicted molar refractivity (Wildman–Crippen MR) is 68.4 cm³/mol. The second-order valence-electron chi connectivity index (χ2n) is 6.09. The summed E-state index contributed by atoms with van der Waals surface area (Å²) in [5, 5.41) is 9.22. The van der Waals surface area contributed by atoms with Gasteiger partial charge in [0, 0.05) is 0 Å². The van der Waals surface area contributed by atoms with E-state index in [9.17, 15) is 10.1 Å². The average molecular weight is 247 g/mol. The molecular formula is C15H21NO2. The Kier molecular flexibility index (Phi) is 3.23. The summed E-state index contributed by atoms with van der Waals surface area (Å²) in [5.74, 6) is 1.09.